The zero-order chi connectivity index (χ0) is 12.4. The second-order valence-electron chi connectivity index (χ2n) is 4.40. The Balaban J connectivity index is 1.65. The van der Waals surface area contributed by atoms with Crippen LogP contribution in [0.4, 0.5) is 0 Å². The van der Waals surface area contributed by atoms with E-state index in [0.717, 1.165) is 18.7 Å². The molecule has 1 aromatic heterocycles. The maximum atomic E-state index is 11.7. The van der Waals surface area contributed by atoms with Gasteiger partial charge in [-0.2, -0.15) is 0 Å². The molecule has 0 radical (unpaired) electrons. The molecule has 1 aliphatic rings. The van der Waals surface area contributed by atoms with E-state index < -0.39 is 0 Å². The molecule has 0 spiro atoms. The van der Waals surface area contributed by atoms with Crippen molar-refractivity contribution in [3.8, 4) is 0 Å². The van der Waals surface area contributed by atoms with Crippen LogP contribution in [0.3, 0.4) is 0 Å². The third-order valence-electron chi connectivity index (χ3n) is 3.14. The monoisotopic (exact) mass is 242 g/mol. The van der Waals surface area contributed by atoms with Crippen LogP contribution in [-0.2, 0) is 19.6 Å². The lowest BCUT2D eigenvalue weighted by atomic mass is 10.1. The molecule has 4 heteroatoms. The second kappa shape index (κ2) is 4.66. The standard InChI is InChI=1S/C14H14N2O2/c17-14(12-3-4-18-9-12)16-6-10-1-2-11-7-15-8-13(11)5-10/h1-5,9,15H,6-8H2,(H,16,17). The molecule has 2 heterocycles. The van der Waals surface area contributed by atoms with E-state index in [-0.39, 0.29) is 5.91 Å². The van der Waals surface area contributed by atoms with Gasteiger partial charge in [-0.25, -0.2) is 0 Å². The van der Waals surface area contributed by atoms with Gasteiger partial charge < -0.3 is 15.1 Å². The maximum Gasteiger partial charge on any atom is 0.254 e. The number of nitrogens with one attached hydrogen (secondary N) is 2. The van der Waals surface area contributed by atoms with E-state index in [4.69, 9.17) is 4.42 Å². The first-order chi connectivity index (χ1) is 8.83. The Bertz CT molecular complexity index is 561. The number of amides is 1. The average Bonchev–Trinajstić information content (AvgIpc) is 3.05. The topological polar surface area (TPSA) is 54.3 Å². The molecule has 1 aliphatic heterocycles. The summed E-state index contributed by atoms with van der Waals surface area (Å²) in [6, 6.07) is 7.98. The molecule has 1 amide bonds. The van der Waals surface area contributed by atoms with Gasteiger partial charge in [-0.05, 0) is 22.8 Å². The lowest BCUT2D eigenvalue weighted by Gasteiger charge is -2.06. The van der Waals surface area contributed by atoms with Crippen LogP contribution >= 0.6 is 0 Å². The number of furan rings is 1. The molecule has 4 nitrogen and oxygen atoms in total. The third kappa shape index (κ3) is 2.15. The molecule has 0 unspecified atom stereocenters. The molecule has 18 heavy (non-hydrogen) atoms. The van der Waals surface area contributed by atoms with Crippen LogP contribution in [0.2, 0.25) is 0 Å². The summed E-state index contributed by atoms with van der Waals surface area (Å²) in [5, 5.41) is 6.18. The van der Waals surface area contributed by atoms with Gasteiger partial charge in [0.05, 0.1) is 11.8 Å². The van der Waals surface area contributed by atoms with Crippen molar-refractivity contribution in [2.75, 3.05) is 0 Å². The molecule has 92 valence electrons. The number of fused-ring (bicyclic) bond motifs is 1. The molecule has 0 saturated heterocycles. The van der Waals surface area contributed by atoms with Crippen molar-refractivity contribution in [1.82, 2.24) is 10.6 Å². The normalized spacial score (nSPS) is 13.3. The van der Waals surface area contributed by atoms with Crippen molar-refractivity contribution in [3.63, 3.8) is 0 Å². The minimum Gasteiger partial charge on any atom is -0.472 e. The van der Waals surface area contributed by atoms with Gasteiger partial charge in [-0.3, -0.25) is 4.79 Å². The minimum atomic E-state index is -0.109. The molecule has 1 aromatic carbocycles. The number of carbonyl (C=O) groups excluding carboxylic acids is 1. The van der Waals surface area contributed by atoms with E-state index in [2.05, 4.69) is 28.8 Å². The fourth-order valence-corrected chi connectivity index (χ4v) is 2.14. The lowest BCUT2D eigenvalue weighted by molar-refractivity contribution is 0.0950. The van der Waals surface area contributed by atoms with Gasteiger partial charge in [-0.15, -0.1) is 0 Å². The van der Waals surface area contributed by atoms with Crippen molar-refractivity contribution in [3.05, 3.63) is 59.0 Å². The molecule has 2 aromatic rings. The molecule has 0 fully saturated rings. The summed E-state index contributed by atoms with van der Waals surface area (Å²) in [6.45, 7) is 2.40. The lowest BCUT2D eigenvalue weighted by Crippen LogP contribution is -2.22. The Labute approximate surface area is 105 Å². The largest absolute Gasteiger partial charge is 0.472 e. The summed E-state index contributed by atoms with van der Waals surface area (Å²) >= 11 is 0. The van der Waals surface area contributed by atoms with Gasteiger partial charge in [0, 0.05) is 19.6 Å². The first-order valence-corrected chi connectivity index (χ1v) is 5.95. The summed E-state index contributed by atoms with van der Waals surface area (Å²) in [5.74, 6) is -0.109. The zero-order valence-corrected chi connectivity index (χ0v) is 9.90. The molecule has 3 rings (SSSR count). The quantitative estimate of drug-likeness (QED) is 0.863. The maximum absolute atomic E-state index is 11.7. The Hall–Kier alpha value is -2.07. The molecular weight excluding hydrogens is 228 g/mol. The SMILES string of the molecule is O=C(NCc1ccc2c(c1)CNC2)c1ccoc1. The van der Waals surface area contributed by atoms with Crippen LogP contribution in [0.5, 0.6) is 0 Å². The van der Waals surface area contributed by atoms with Crippen LogP contribution in [-0.4, -0.2) is 5.91 Å². The highest BCUT2D eigenvalue weighted by atomic mass is 16.3. The predicted octanol–water partition coefficient (Wildman–Crippen LogP) is 1.81. The third-order valence-corrected chi connectivity index (χ3v) is 3.14. The smallest absolute Gasteiger partial charge is 0.254 e. The van der Waals surface area contributed by atoms with Gasteiger partial charge >= 0.3 is 0 Å². The van der Waals surface area contributed by atoms with E-state index in [1.807, 2.05) is 0 Å². The highest BCUT2D eigenvalue weighted by Gasteiger charge is 2.11. The van der Waals surface area contributed by atoms with Gasteiger partial charge in [0.1, 0.15) is 6.26 Å². The average molecular weight is 242 g/mol. The van der Waals surface area contributed by atoms with Gasteiger partial charge in [0.15, 0.2) is 0 Å². The number of hydrogen-bond acceptors (Lipinski definition) is 3. The molecule has 0 bridgehead atoms. The molecule has 0 aliphatic carbocycles. The fraction of sp³-hybridized carbons (Fsp3) is 0.214. The van der Waals surface area contributed by atoms with Crippen molar-refractivity contribution in [2.24, 2.45) is 0 Å². The zero-order valence-electron chi connectivity index (χ0n) is 9.90. The van der Waals surface area contributed by atoms with Gasteiger partial charge in [0.25, 0.3) is 5.91 Å². The summed E-state index contributed by atoms with van der Waals surface area (Å²) in [4.78, 5) is 11.7. The highest BCUT2D eigenvalue weighted by molar-refractivity contribution is 5.93. The van der Waals surface area contributed by atoms with Gasteiger partial charge in [0.2, 0.25) is 0 Å². The fourth-order valence-electron chi connectivity index (χ4n) is 2.14. The van der Waals surface area contributed by atoms with E-state index >= 15 is 0 Å². The first-order valence-electron chi connectivity index (χ1n) is 5.95. The summed E-state index contributed by atoms with van der Waals surface area (Å²) < 4.78 is 4.88. The first kappa shape index (κ1) is 11.0. The van der Waals surface area contributed by atoms with Gasteiger partial charge in [-0.1, -0.05) is 18.2 Å². The summed E-state index contributed by atoms with van der Waals surface area (Å²) in [5.41, 5.74) is 4.34. The Morgan fingerprint density at radius 3 is 3.00 bits per heavy atom. The van der Waals surface area contributed by atoms with Crippen LogP contribution in [0, 0.1) is 0 Å². The Kier molecular flexibility index (Phi) is 2.86. The molecular formula is C14H14N2O2. The van der Waals surface area contributed by atoms with Crippen molar-refractivity contribution < 1.29 is 9.21 Å². The van der Waals surface area contributed by atoms with Crippen LogP contribution in [0.25, 0.3) is 0 Å². The second-order valence-corrected chi connectivity index (χ2v) is 4.40. The van der Waals surface area contributed by atoms with E-state index in [0.29, 0.717) is 12.1 Å². The van der Waals surface area contributed by atoms with Crippen LogP contribution < -0.4 is 10.6 Å². The Morgan fingerprint density at radius 1 is 1.28 bits per heavy atom. The van der Waals surface area contributed by atoms with Crippen molar-refractivity contribution >= 4 is 5.91 Å². The van der Waals surface area contributed by atoms with Crippen molar-refractivity contribution in [1.29, 1.82) is 0 Å². The number of hydrogen-bond donors (Lipinski definition) is 2. The number of rotatable bonds is 3. The Morgan fingerprint density at radius 2 is 2.17 bits per heavy atom. The van der Waals surface area contributed by atoms with Crippen LogP contribution in [0.1, 0.15) is 27.0 Å². The predicted molar refractivity (Wildman–Crippen MR) is 66.9 cm³/mol. The molecule has 0 saturated carbocycles. The molecule has 2 N–H and O–H groups in total. The molecule has 0 atom stereocenters. The van der Waals surface area contributed by atoms with E-state index in [9.17, 15) is 4.79 Å². The minimum absolute atomic E-state index is 0.109. The number of carbonyl (C=O) groups is 1. The van der Waals surface area contributed by atoms with E-state index in [1.54, 1.807) is 6.07 Å². The summed E-state index contributed by atoms with van der Waals surface area (Å²) in [7, 11) is 0. The number of benzene rings is 1. The summed E-state index contributed by atoms with van der Waals surface area (Å²) in [6.07, 6.45) is 2.94. The van der Waals surface area contributed by atoms with E-state index in [1.165, 1.54) is 23.7 Å². The van der Waals surface area contributed by atoms with Crippen molar-refractivity contribution in [2.45, 2.75) is 19.6 Å². The van der Waals surface area contributed by atoms with Crippen LogP contribution in [0.15, 0.2) is 41.2 Å². The highest BCUT2D eigenvalue weighted by Crippen LogP contribution is 2.16.